The van der Waals surface area contributed by atoms with Crippen LogP contribution in [0.4, 0.5) is 0 Å². The summed E-state index contributed by atoms with van der Waals surface area (Å²) in [6.45, 7) is 23.6. The van der Waals surface area contributed by atoms with Crippen LogP contribution < -0.4 is 0 Å². The number of rotatable bonds is 4. The molecule has 3 rings (SSSR count). The van der Waals surface area contributed by atoms with Gasteiger partial charge in [-0.2, -0.15) is 0 Å². The van der Waals surface area contributed by atoms with Crippen molar-refractivity contribution in [2.75, 3.05) is 0 Å². The molecule has 2 heteroatoms. The van der Waals surface area contributed by atoms with Crippen LogP contribution in [-0.2, 0) is 0 Å². The maximum Gasteiger partial charge on any atom is 0.0479 e. The van der Waals surface area contributed by atoms with Gasteiger partial charge in [0, 0.05) is 37.1 Å². The molecule has 0 aliphatic carbocycles. The molecule has 2 heterocycles. The summed E-state index contributed by atoms with van der Waals surface area (Å²) in [6.07, 6.45) is 7.49. The first-order chi connectivity index (χ1) is 11.7. The summed E-state index contributed by atoms with van der Waals surface area (Å²) in [4.78, 5) is 4.55. The number of aromatic nitrogens is 1. The number of hydrogen-bond acceptors (Lipinski definition) is 1. The Morgan fingerprint density at radius 3 is 1.92 bits per heavy atom. The van der Waals surface area contributed by atoms with Crippen LogP contribution in [0.5, 0.6) is 0 Å². The van der Waals surface area contributed by atoms with Gasteiger partial charge in [-0.3, -0.25) is 0 Å². The quantitative estimate of drug-likeness (QED) is 0.496. The van der Waals surface area contributed by atoms with Crippen molar-refractivity contribution in [3.8, 4) is 0 Å². The zero-order valence-corrected chi connectivity index (χ0v) is 16.0. The average Bonchev–Trinajstić information content (AvgIpc) is 3.18. The lowest BCUT2D eigenvalue weighted by Gasteiger charge is -1.96. The standard InChI is InChI=1S/C18H15NS.2C2H6/c1-5-11-13-9-14-12(6-2)17(8-4)20-18(14)10-16(13)19-15(11)7-3;2*1-2/h5-10,19H,1-4H2;2*1-2H3. The van der Waals surface area contributed by atoms with E-state index in [2.05, 4.69) is 43.4 Å². The van der Waals surface area contributed by atoms with E-state index in [1.54, 1.807) is 11.3 Å². The maximum atomic E-state index is 3.92. The highest BCUT2D eigenvalue weighted by molar-refractivity contribution is 7.20. The predicted octanol–water partition coefficient (Wildman–Crippen LogP) is 8.01. The molecule has 0 aliphatic heterocycles. The highest BCUT2D eigenvalue weighted by atomic mass is 32.1. The van der Waals surface area contributed by atoms with Crippen molar-refractivity contribution >= 4 is 56.6 Å². The van der Waals surface area contributed by atoms with Gasteiger partial charge >= 0.3 is 0 Å². The van der Waals surface area contributed by atoms with Gasteiger partial charge in [-0.1, -0.05) is 72.2 Å². The molecular weight excluding hydrogens is 310 g/mol. The average molecular weight is 338 g/mol. The normalized spacial score (nSPS) is 9.50. The van der Waals surface area contributed by atoms with E-state index in [4.69, 9.17) is 0 Å². The number of benzene rings is 1. The Morgan fingerprint density at radius 2 is 1.42 bits per heavy atom. The van der Waals surface area contributed by atoms with Crippen molar-refractivity contribution in [3.63, 3.8) is 0 Å². The zero-order chi connectivity index (χ0) is 18.3. The maximum absolute atomic E-state index is 3.92. The molecule has 0 spiro atoms. The van der Waals surface area contributed by atoms with Gasteiger partial charge in [0.05, 0.1) is 0 Å². The molecule has 24 heavy (non-hydrogen) atoms. The number of H-pyrrole nitrogens is 1. The molecular formula is C22H27NS. The Hall–Kier alpha value is -2.32. The first kappa shape index (κ1) is 19.7. The topological polar surface area (TPSA) is 15.8 Å². The number of nitrogens with one attached hydrogen (secondary N) is 1. The van der Waals surface area contributed by atoms with E-state index in [1.807, 2.05) is 52.0 Å². The number of aromatic amines is 1. The highest BCUT2D eigenvalue weighted by Gasteiger charge is 2.12. The van der Waals surface area contributed by atoms with Crippen LogP contribution >= 0.6 is 11.3 Å². The molecule has 1 N–H and O–H groups in total. The van der Waals surface area contributed by atoms with Crippen molar-refractivity contribution in [1.29, 1.82) is 0 Å². The van der Waals surface area contributed by atoms with Gasteiger partial charge in [0.1, 0.15) is 0 Å². The highest BCUT2D eigenvalue weighted by Crippen LogP contribution is 2.37. The lowest BCUT2D eigenvalue weighted by atomic mass is 10.1. The fourth-order valence-corrected chi connectivity index (χ4v) is 3.69. The van der Waals surface area contributed by atoms with Crippen molar-refractivity contribution < 1.29 is 0 Å². The smallest absolute Gasteiger partial charge is 0.0479 e. The van der Waals surface area contributed by atoms with E-state index < -0.39 is 0 Å². The molecule has 0 bridgehead atoms. The Kier molecular flexibility index (Phi) is 7.47. The molecule has 0 amide bonds. The minimum Gasteiger partial charge on any atom is -0.354 e. The fraction of sp³-hybridized carbons (Fsp3) is 0.182. The summed E-state index contributed by atoms with van der Waals surface area (Å²) < 4.78 is 1.23. The minimum absolute atomic E-state index is 1.01. The molecule has 0 saturated carbocycles. The molecule has 126 valence electrons. The third-order valence-corrected chi connectivity index (χ3v) is 4.71. The van der Waals surface area contributed by atoms with E-state index in [0.717, 1.165) is 27.2 Å². The molecule has 0 atom stereocenters. The first-order valence-electron chi connectivity index (χ1n) is 8.35. The second kappa shape index (κ2) is 9.09. The summed E-state index contributed by atoms with van der Waals surface area (Å²) in [5.74, 6) is 0. The molecule has 0 saturated heterocycles. The summed E-state index contributed by atoms with van der Waals surface area (Å²) in [5, 5.41) is 2.38. The molecule has 0 fully saturated rings. The van der Waals surface area contributed by atoms with Gasteiger partial charge in [0.25, 0.3) is 0 Å². The van der Waals surface area contributed by atoms with Crippen LogP contribution in [0, 0.1) is 0 Å². The van der Waals surface area contributed by atoms with Crippen LogP contribution in [0.3, 0.4) is 0 Å². The lowest BCUT2D eigenvalue weighted by Crippen LogP contribution is -1.74. The number of fused-ring (bicyclic) bond motifs is 2. The third-order valence-electron chi connectivity index (χ3n) is 3.54. The number of thiophene rings is 1. The fourth-order valence-electron chi connectivity index (χ4n) is 2.61. The molecule has 0 radical (unpaired) electrons. The van der Waals surface area contributed by atoms with E-state index in [0.29, 0.717) is 0 Å². The van der Waals surface area contributed by atoms with Crippen molar-refractivity contribution in [1.82, 2.24) is 4.98 Å². The molecule has 1 nitrogen and oxygen atoms in total. The Bertz CT molecular complexity index is 805. The van der Waals surface area contributed by atoms with Crippen LogP contribution in [0.15, 0.2) is 38.4 Å². The van der Waals surface area contributed by atoms with Crippen LogP contribution in [-0.4, -0.2) is 4.98 Å². The van der Waals surface area contributed by atoms with E-state index in [9.17, 15) is 0 Å². The van der Waals surface area contributed by atoms with Crippen LogP contribution in [0.2, 0.25) is 0 Å². The summed E-state index contributed by atoms with van der Waals surface area (Å²) in [6, 6.07) is 4.38. The van der Waals surface area contributed by atoms with E-state index >= 15 is 0 Å². The molecule has 3 aromatic rings. The SMILES string of the molecule is C=Cc1[nH]c2cc3sc(C=C)c(C=C)c3cc2c1C=C.CC.CC. The Labute approximate surface area is 149 Å². The van der Waals surface area contributed by atoms with Crippen LogP contribution in [0.25, 0.3) is 45.3 Å². The van der Waals surface area contributed by atoms with E-state index in [1.165, 1.54) is 15.5 Å². The summed E-state index contributed by atoms with van der Waals surface area (Å²) in [5.41, 5.74) is 4.36. The lowest BCUT2D eigenvalue weighted by molar-refractivity contribution is 1.43. The molecule has 2 aromatic heterocycles. The molecule has 0 aliphatic rings. The van der Waals surface area contributed by atoms with Crippen molar-refractivity contribution in [3.05, 3.63) is 60.1 Å². The molecule has 0 unspecified atom stereocenters. The molecule has 1 aromatic carbocycles. The zero-order valence-electron chi connectivity index (χ0n) is 15.2. The summed E-state index contributed by atoms with van der Waals surface area (Å²) in [7, 11) is 0. The van der Waals surface area contributed by atoms with E-state index in [-0.39, 0.29) is 0 Å². The van der Waals surface area contributed by atoms with Gasteiger partial charge < -0.3 is 4.98 Å². The largest absolute Gasteiger partial charge is 0.354 e. The second-order valence-corrected chi connectivity index (χ2v) is 5.63. The van der Waals surface area contributed by atoms with Crippen molar-refractivity contribution in [2.45, 2.75) is 27.7 Å². The Balaban J connectivity index is 0.000000671. The van der Waals surface area contributed by atoms with Gasteiger partial charge in [0.15, 0.2) is 0 Å². The second-order valence-electron chi connectivity index (χ2n) is 4.54. The van der Waals surface area contributed by atoms with Gasteiger partial charge in [-0.05, 0) is 23.8 Å². The van der Waals surface area contributed by atoms with Gasteiger partial charge in [-0.15, -0.1) is 11.3 Å². The van der Waals surface area contributed by atoms with Gasteiger partial charge in [0.2, 0.25) is 0 Å². The summed E-state index contributed by atoms with van der Waals surface area (Å²) >= 11 is 1.73. The van der Waals surface area contributed by atoms with Crippen LogP contribution in [0.1, 0.15) is 49.4 Å². The third kappa shape index (κ3) is 3.29. The predicted molar refractivity (Wildman–Crippen MR) is 117 cm³/mol. The Morgan fingerprint density at radius 1 is 0.792 bits per heavy atom. The van der Waals surface area contributed by atoms with Crippen molar-refractivity contribution in [2.24, 2.45) is 0 Å². The number of hydrogen-bond donors (Lipinski definition) is 1. The monoisotopic (exact) mass is 337 g/mol. The first-order valence-corrected chi connectivity index (χ1v) is 9.17. The minimum atomic E-state index is 1.01. The van der Waals surface area contributed by atoms with Gasteiger partial charge in [-0.25, -0.2) is 0 Å².